The van der Waals surface area contributed by atoms with Crippen molar-refractivity contribution < 1.29 is 4.79 Å². The van der Waals surface area contributed by atoms with Crippen molar-refractivity contribution in [1.29, 1.82) is 0 Å². The zero-order valence-corrected chi connectivity index (χ0v) is 12.4. The van der Waals surface area contributed by atoms with Crippen LogP contribution in [-0.2, 0) is 11.3 Å². The summed E-state index contributed by atoms with van der Waals surface area (Å²) in [5.74, 6) is 1.25. The summed E-state index contributed by atoms with van der Waals surface area (Å²) in [7, 11) is 0. The number of likely N-dealkylation sites (tertiary alicyclic amines) is 1. The summed E-state index contributed by atoms with van der Waals surface area (Å²) in [5.41, 5.74) is 2.36. The fourth-order valence-corrected chi connectivity index (χ4v) is 3.03. The molecule has 1 saturated carbocycles. The van der Waals surface area contributed by atoms with Crippen LogP contribution in [-0.4, -0.2) is 40.1 Å². The first-order valence-electron chi connectivity index (χ1n) is 7.66. The number of carbonyl (C=O) groups excluding carboxylic acids is 1. The van der Waals surface area contributed by atoms with E-state index in [1.165, 1.54) is 5.56 Å². The summed E-state index contributed by atoms with van der Waals surface area (Å²) in [5, 5.41) is 10.6. The van der Waals surface area contributed by atoms with E-state index in [0.717, 1.165) is 44.6 Å². The van der Waals surface area contributed by atoms with Crippen LogP contribution in [0.15, 0.2) is 6.20 Å². The molecule has 0 aromatic carbocycles. The van der Waals surface area contributed by atoms with Gasteiger partial charge in [0.25, 0.3) is 0 Å². The molecule has 1 saturated heterocycles. The number of nitrogens with one attached hydrogen (secondary N) is 2. The number of aryl methyl sites for hydroxylation is 1. The number of hydrogen-bond acceptors (Lipinski definition) is 3. The SMILES string of the molecule is Cc1[nH]ncc1CN[C@@H]1CCN(C(=O)C2CC2)C[C@@H]1C. The Morgan fingerprint density at radius 1 is 1.50 bits per heavy atom. The molecule has 2 atom stereocenters. The number of rotatable bonds is 4. The molecular formula is C15H24N4O. The van der Waals surface area contributed by atoms with Crippen molar-refractivity contribution in [2.24, 2.45) is 11.8 Å². The average Bonchev–Trinajstić information content (AvgIpc) is 3.20. The van der Waals surface area contributed by atoms with E-state index in [4.69, 9.17) is 0 Å². The van der Waals surface area contributed by atoms with Crippen molar-refractivity contribution in [3.05, 3.63) is 17.5 Å². The van der Waals surface area contributed by atoms with Gasteiger partial charge < -0.3 is 10.2 Å². The summed E-state index contributed by atoms with van der Waals surface area (Å²) < 4.78 is 0. The fraction of sp³-hybridized carbons (Fsp3) is 0.733. The Labute approximate surface area is 120 Å². The van der Waals surface area contributed by atoms with Gasteiger partial charge in [0.05, 0.1) is 6.20 Å². The second-order valence-electron chi connectivity index (χ2n) is 6.33. The molecule has 110 valence electrons. The maximum absolute atomic E-state index is 12.1. The molecule has 1 aromatic rings. The van der Waals surface area contributed by atoms with Gasteiger partial charge in [-0.15, -0.1) is 0 Å². The number of amides is 1. The molecule has 2 fully saturated rings. The summed E-state index contributed by atoms with van der Waals surface area (Å²) in [4.78, 5) is 14.2. The summed E-state index contributed by atoms with van der Waals surface area (Å²) in [6.45, 7) is 6.95. The van der Waals surface area contributed by atoms with E-state index in [0.29, 0.717) is 23.8 Å². The van der Waals surface area contributed by atoms with Gasteiger partial charge >= 0.3 is 0 Å². The van der Waals surface area contributed by atoms with E-state index >= 15 is 0 Å². The molecule has 5 nitrogen and oxygen atoms in total. The summed E-state index contributed by atoms with van der Waals surface area (Å²) >= 11 is 0. The van der Waals surface area contributed by atoms with Crippen LogP contribution in [0.4, 0.5) is 0 Å². The Hall–Kier alpha value is -1.36. The Bertz CT molecular complexity index is 480. The highest BCUT2D eigenvalue weighted by Crippen LogP contribution is 2.32. The third-order valence-corrected chi connectivity index (χ3v) is 4.63. The maximum Gasteiger partial charge on any atom is 0.225 e. The predicted octanol–water partition coefficient (Wildman–Crippen LogP) is 1.45. The monoisotopic (exact) mass is 276 g/mol. The lowest BCUT2D eigenvalue weighted by atomic mass is 9.93. The van der Waals surface area contributed by atoms with Crippen molar-refractivity contribution in [2.75, 3.05) is 13.1 Å². The molecule has 2 N–H and O–H groups in total. The van der Waals surface area contributed by atoms with Crippen LogP contribution in [0.25, 0.3) is 0 Å². The van der Waals surface area contributed by atoms with Crippen LogP contribution in [0.3, 0.4) is 0 Å². The topological polar surface area (TPSA) is 61.0 Å². The quantitative estimate of drug-likeness (QED) is 0.875. The first kappa shape index (κ1) is 13.6. The van der Waals surface area contributed by atoms with Crippen LogP contribution < -0.4 is 5.32 Å². The molecule has 1 aliphatic carbocycles. The molecule has 2 heterocycles. The van der Waals surface area contributed by atoms with E-state index in [-0.39, 0.29) is 0 Å². The van der Waals surface area contributed by atoms with Gasteiger partial charge in [0.2, 0.25) is 5.91 Å². The van der Waals surface area contributed by atoms with Crippen LogP contribution in [0.2, 0.25) is 0 Å². The van der Waals surface area contributed by atoms with Crippen molar-refractivity contribution in [3.63, 3.8) is 0 Å². The van der Waals surface area contributed by atoms with Crippen molar-refractivity contribution in [1.82, 2.24) is 20.4 Å². The standard InChI is InChI=1S/C15H24N4O/c1-10-9-19(15(20)12-3-4-12)6-5-14(10)16-7-13-8-17-18-11(13)2/h8,10,12,14,16H,3-7,9H2,1-2H3,(H,17,18)/t10-,14+/m0/s1. The third kappa shape index (κ3) is 2.87. The van der Waals surface area contributed by atoms with Crippen molar-refractivity contribution >= 4 is 5.91 Å². The molecule has 1 aromatic heterocycles. The molecule has 0 radical (unpaired) electrons. The molecule has 0 unspecified atom stereocenters. The predicted molar refractivity (Wildman–Crippen MR) is 77.0 cm³/mol. The van der Waals surface area contributed by atoms with E-state index in [2.05, 4.69) is 27.3 Å². The van der Waals surface area contributed by atoms with Gasteiger partial charge in [-0.2, -0.15) is 5.10 Å². The van der Waals surface area contributed by atoms with E-state index in [1.807, 2.05) is 13.1 Å². The van der Waals surface area contributed by atoms with Gasteiger partial charge in [-0.1, -0.05) is 6.92 Å². The van der Waals surface area contributed by atoms with Gasteiger partial charge in [0.15, 0.2) is 0 Å². The lowest BCUT2D eigenvalue weighted by molar-refractivity contribution is -0.134. The molecule has 0 bridgehead atoms. The van der Waals surface area contributed by atoms with Gasteiger partial charge in [0, 0.05) is 42.9 Å². The molecule has 1 amide bonds. The highest BCUT2D eigenvalue weighted by molar-refractivity contribution is 5.81. The molecule has 2 aliphatic rings. The first-order valence-corrected chi connectivity index (χ1v) is 7.66. The first-order chi connectivity index (χ1) is 9.65. The van der Waals surface area contributed by atoms with Crippen LogP contribution in [0, 0.1) is 18.8 Å². The van der Waals surface area contributed by atoms with Crippen LogP contribution in [0.5, 0.6) is 0 Å². The van der Waals surface area contributed by atoms with Crippen LogP contribution in [0.1, 0.15) is 37.4 Å². The second kappa shape index (κ2) is 5.56. The average molecular weight is 276 g/mol. The van der Waals surface area contributed by atoms with Crippen molar-refractivity contribution in [2.45, 2.75) is 45.7 Å². The van der Waals surface area contributed by atoms with Gasteiger partial charge in [0.1, 0.15) is 0 Å². The Morgan fingerprint density at radius 3 is 2.90 bits per heavy atom. The number of H-pyrrole nitrogens is 1. The second-order valence-corrected chi connectivity index (χ2v) is 6.33. The minimum absolute atomic E-state index is 0.347. The number of nitrogens with zero attached hydrogens (tertiary/aromatic N) is 2. The van der Waals surface area contributed by atoms with Gasteiger partial charge in [-0.25, -0.2) is 0 Å². The molecule has 3 rings (SSSR count). The number of aromatic amines is 1. The number of carbonyl (C=O) groups is 1. The van der Waals surface area contributed by atoms with Gasteiger partial charge in [-0.05, 0) is 32.1 Å². The van der Waals surface area contributed by atoms with E-state index < -0.39 is 0 Å². The highest BCUT2D eigenvalue weighted by atomic mass is 16.2. The Balaban J connectivity index is 1.50. The highest BCUT2D eigenvalue weighted by Gasteiger charge is 2.36. The normalized spacial score (nSPS) is 26.8. The van der Waals surface area contributed by atoms with Gasteiger partial charge in [-0.3, -0.25) is 9.89 Å². The molecule has 0 spiro atoms. The van der Waals surface area contributed by atoms with Crippen molar-refractivity contribution in [3.8, 4) is 0 Å². The fourth-order valence-electron chi connectivity index (χ4n) is 3.03. The zero-order chi connectivity index (χ0) is 14.1. The van der Waals surface area contributed by atoms with Crippen LogP contribution >= 0.6 is 0 Å². The van der Waals surface area contributed by atoms with E-state index in [9.17, 15) is 4.79 Å². The number of hydrogen-bond donors (Lipinski definition) is 2. The Kier molecular flexibility index (Phi) is 3.78. The smallest absolute Gasteiger partial charge is 0.225 e. The zero-order valence-electron chi connectivity index (χ0n) is 12.4. The maximum atomic E-state index is 12.1. The minimum atomic E-state index is 0.347. The number of piperidine rings is 1. The third-order valence-electron chi connectivity index (χ3n) is 4.63. The molecule has 5 heteroatoms. The summed E-state index contributed by atoms with van der Waals surface area (Å²) in [6, 6.07) is 0.493. The lowest BCUT2D eigenvalue weighted by Gasteiger charge is -2.37. The molecule has 20 heavy (non-hydrogen) atoms. The molecular weight excluding hydrogens is 252 g/mol. The number of aromatic nitrogens is 2. The summed E-state index contributed by atoms with van der Waals surface area (Å²) in [6.07, 6.45) is 5.14. The lowest BCUT2D eigenvalue weighted by Crippen LogP contribution is -2.50. The molecule has 1 aliphatic heterocycles. The minimum Gasteiger partial charge on any atom is -0.342 e. The largest absolute Gasteiger partial charge is 0.342 e. The van der Waals surface area contributed by atoms with E-state index in [1.54, 1.807) is 0 Å². The Morgan fingerprint density at radius 2 is 2.30 bits per heavy atom.